The average molecular weight is 198 g/mol. The Morgan fingerprint density at radius 1 is 1.57 bits per heavy atom. The number of hydrogen-bond donors (Lipinski definition) is 1. The van der Waals surface area contributed by atoms with Gasteiger partial charge in [0.25, 0.3) is 0 Å². The summed E-state index contributed by atoms with van der Waals surface area (Å²) in [5.41, 5.74) is 6.18. The molecule has 0 aromatic carbocycles. The Morgan fingerprint density at radius 3 is 2.86 bits per heavy atom. The van der Waals surface area contributed by atoms with E-state index in [9.17, 15) is 4.79 Å². The molecule has 1 saturated carbocycles. The first kappa shape index (κ1) is 9.77. The third-order valence-corrected chi connectivity index (χ3v) is 3.49. The van der Waals surface area contributed by atoms with Crippen molar-refractivity contribution in [2.24, 2.45) is 11.7 Å². The number of hydrogen-bond acceptors (Lipinski definition) is 3. The lowest BCUT2D eigenvalue weighted by Gasteiger charge is -2.34. The fourth-order valence-electron chi connectivity index (χ4n) is 2.29. The van der Waals surface area contributed by atoms with Crippen molar-refractivity contribution in [1.29, 1.82) is 0 Å². The fourth-order valence-corrected chi connectivity index (χ4v) is 2.29. The number of nitrogens with two attached hydrogens (primary N) is 1. The van der Waals surface area contributed by atoms with Crippen LogP contribution in [0.5, 0.6) is 0 Å². The molecule has 1 aliphatic heterocycles. The van der Waals surface area contributed by atoms with Crippen molar-refractivity contribution < 1.29 is 9.53 Å². The molecule has 1 amide bonds. The van der Waals surface area contributed by atoms with E-state index in [4.69, 9.17) is 10.5 Å². The SMILES string of the molecule is COC(=O)N1CCCC(C2(N)CC2)C1. The highest BCUT2D eigenvalue weighted by Crippen LogP contribution is 2.43. The minimum absolute atomic E-state index is 0.0344. The predicted octanol–water partition coefficient (Wildman–Crippen LogP) is 0.956. The second-order valence-corrected chi connectivity index (χ2v) is 4.49. The lowest BCUT2D eigenvalue weighted by Crippen LogP contribution is -2.47. The molecular formula is C10H18N2O2. The van der Waals surface area contributed by atoms with Gasteiger partial charge in [0.1, 0.15) is 0 Å². The van der Waals surface area contributed by atoms with Gasteiger partial charge < -0.3 is 15.4 Å². The van der Waals surface area contributed by atoms with Crippen molar-refractivity contribution in [3.05, 3.63) is 0 Å². The fraction of sp³-hybridized carbons (Fsp3) is 0.900. The van der Waals surface area contributed by atoms with E-state index in [1.165, 1.54) is 7.11 Å². The summed E-state index contributed by atoms with van der Waals surface area (Å²) in [5.74, 6) is 0.482. The number of carbonyl (C=O) groups is 1. The molecule has 2 N–H and O–H groups in total. The Labute approximate surface area is 84.4 Å². The highest BCUT2D eigenvalue weighted by molar-refractivity contribution is 5.67. The quantitative estimate of drug-likeness (QED) is 0.682. The summed E-state index contributed by atoms with van der Waals surface area (Å²) in [6.45, 7) is 1.60. The Balaban J connectivity index is 1.94. The first-order valence-electron chi connectivity index (χ1n) is 5.27. The van der Waals surface area contributed by atoms with Gasteiger partial charge in [-0.05, 0) is 31.6 Å². The zero-order valence-electron chi connectivity index (χ0n) is 8.66. The summed E-state index contributed by atoms with van der Waals surface area (Å²) in [6, 6.07) is 0. The van der Waals surface area contributed by atoms with Gasteiger partial charge >= 0.3 is 6.09 Å². The van der Waals surface area contributed by atoms with Crippen LogP contribution in [0.25, 0.3) is 0 Å². The number of amides is 1. The summed E-state index contributed by atoms with van der Waals surface area (Å²) in [6.07, 6.45) is 4.24. The summed E-state index contributed by atoms with van der Waals surface area (Å²) in [5, 5.41) is 0. The molecule has 14 heavy (non-hydrogen) atoms. The number of piperidine rings is 1. The maximum Gasteiger partial charge on any atom is 0.409 e. The topological polar surface area (TPSA) is 55.6 Å². The lowest BCUT2D eigenvalue weighted by atomic mass is 9.89. The van der Waals surface area contributed by atoms with Crippen molar-refractivity contribution in [2.75, 3.05) is 20.2 Å². The average Bonchev–Trinajstić information content (AvgIpc) is 2.97. The van der Waals surface area contributed by atoms with Crippen molar-refractivity contribution in [1.82, 2.24) is 4.90 Å². The van der Waals surface area contributed by atoms with Gasteiger partial charge in [-0.1, -0.05) is 0 Å². The van der Waals surface area contributed by atoms with Crippen molar-refractivity contribution >= 4 is 6.09 Å². The molecule has 1 saturated heterocycles. The molecule has 4 nitrogen and oxygen atoms in total. The molecule has 4 heteroatoms. The van der Waals surface area contributed by atoms with E-state index in [1.54, 1.807) is 4.90 Å². The molecule has 0 bridgehead atoms. The van der Waals surface area contributed by atoms with Crippen LogP contribution >= 0.6 is 0 Å². The smallest absolute Gasteiger partial charge is 0.409 e. The van der Waals surface area contributed by atoms with Gasteiger partial charge in [0, 0.05) is 18.6 Å². The molecule has 0 aromatic heterocycles. The number of likely N-dealkylation sites (tertiary alicyclic amines) is 1. The zero-order valence-corrected chi connectivity index (χ0v) is 8.66. The molecule has 1 aliphatic carbocycles. The van der Waals surface area contributed by atoms with Crippen LogP contribution in [0.3, 0.4) is 0 Å². The molecule has 0 aromatic rings. The van der Waals surface area contributed by atoms with Gasteiger partial charge in [0.15, 0.2) is 0 Å². The van der Waals surface area contributed by atoms with Gasteiger partial charge in [-0.2, -0.15) is 0 Å². The van der Waals surface area contributed by atoms with Crippen molar-refractivity contribution in [2.45, 2.75) is 31.2 Å². The van der Waals surface area contributed by atoms with Crippen molar-refractivity contribution in [3.8, 4) is 0 Å². The molecule has 80 valence electrons. The Bertz CT molecular complexity index is 238. The molecule has 0 spiro atoms. The number of rotatable bonds is 1. The standard InChI is InChI=1S/C10H18N2O2/c1-14-9(13)12-6-2-3-8(7-12)10(11)4-5-10/h8H,2-7,11H2,1H3. The highest BCUT2D eigenvalue weighted by Gasteiger charge is 2.47. The summed E-state index contributed by atoms with van der Waals surface area (Å²) < 4.78 is 4.72. The van der Waals surface area contributed by atoms with Gasteiger partial charge in [-0.3, -0.25) is 0 Å². The van der Waals surface area contributed by atoms with Crippen LogP contribution in [-0.4, -0.2) is 36.7 Å². The number of methoxy groups -OCH3 is 1. The maximum atomic E-state index is 11.3. The summed E-state index contributed by atoms with van der Waals surface area (Å²) in [7, 11) is 1.43. The van der Waals surface area contributed by atoms with Gasteiger partial charge in [-0.15, -0.1) is 0 Å². The largest absolute Gasteiger partial charge is 0.453 e. The normalized spacial score (nSPS) is 29.9. The maximum absolute atomic E-state index is 11.3. The van der Waals surface area contributed by atoms with Crippen LogP contribution in [0.15, 0.2) is 0 Å². The Kier molecular flexibility index (Phi) is 2.39. The van der Waals surface area contributed by atoms with Crippen LogP contribution in [0.4, 0.5) is 4.79 Å². The Hall–Kier alpha value is -0.770. The first-order valence-corrected chi connectivity index (χ1v) is 5.27. The van der Waals surface area contributed by atoms with E-state index >= 15 is 0 Å². The van der Waals surface area contributed by atoms with Crippen LogP contribution in [-0.2, 0) is 4.74 Å². The minimum Gasteiger partial charge on any atom is -0.453 e. The number of nitrogens with zero attached hydrogens (tertiary/aromatic N) is 1. The van der Waals surface area contributed by atoms with E-state index in [1.807, 2.05) is 0 Å². The summed E-state index contributed by atoms with van der Waals surface area (Å²) >= 11 is 0. The van der Waals surface area contributed by atoms with Gasteiger partial charge in [-0.25, -0.2) is 4.79 Å². The van der Waals surface area contributed by atoms with Crippen LogP contribution in [0.1, 0.15) is 25.7 Å². The number of ether oxygens (including phenoxy) is 1. The second kappa shape index (κ2) is 3.42. The number of carbonyl (C=O) groups excluding carboxylic acids is 1. The molecule has 2 aliphatic rings. The Morgan fingerprint density at radius 2 is 2.29 bits per heavy atom. The molecule has 1 heterocycles. The molecule has 0 radical (unpaired) electrons. The van der Waals surface area contributed by atoms with Crippen LogP contribution in [0.2, 0.25) is 0 Å². The molecule has 1 unspecified atom stereocenters. The highest BCUT2D eigenvalue weighted by atomic mass is 16.5. The predicted molar refractivity (Wildman–Crippen MR) is 52.9 cm³/mol. The van der Waals surface area contributed by atoms with Crippen LogP contribution in [0, 0.1) is 5.92 Å². The minimum atomic E-state index is -0.209. The van der Waals surface area contributed by atoms with E-state index in [2.05, 4.69) is 0 Å². The van der Waals surface area contributed by atoms with Gasteiger partial charge in [0.2, 0.25) is 0 Å². The molecule has 1 atom stereocenters. The summed E-state index contributed by atoms with van der Waals surface area (Å²) in [4.78, 5) is 13.1. The zero-order chi connectivity index (χ0) is 10.2. The van der Waals surface area contributed by atoms with Crippen molar-refractivity contribution in [3.63, 3.8) is 0 Å². The van der Waals surface area contributed by atoms with Crippen LogP contribution < -0.4 is 5.73 Å². The molecule has 2 fully saturated rings. The molecule has 2 rings (SSSR count). The van der Waals surface area contributed by atoms with E-state index in [0.29, 0.717) is 5.92 Å². The third-order valence-electron chi connectivity index (χ3n) is 3.49. The van der Waals surface area contributed by atoms with E-state index < -0.39 is 0 Å². The third kappa shape index (κ3) is 1.71. The van der Waals surface area contributed by atoms with E-state index in [0.717, 1.165) is 38.8 Å². The van der Waals surface area contributed by atoms with E-state index in [-0.39, 0.29) is 11.6 Å². The first-order chi connectivity index (χ1) is 6.65. The lowest BCUT2D eigenvalue weighted by molar-refractivity contribution is 0.0955. The second-order valence-electron chi connectivity index (χ2n) is 4.49. The monoisotopic (exact) mass is 198 g/mol. The van der Waals surface area contributed by atoms with Gasteiger partial charge in [0.05, 0.1) is 7.11 Å². The molecular weight excluding hydrogens is 180 g/mol.